The number of alkyl halides is 1. The fourth-order valence-electron chi connectivity index (χ4n) is 4.34. The van der Waals surface area contributed by atoms with Crippen LogP contribution in [0.4, 0.5) is 4.39 Å². The van der Waals surface area contributed by atoms with Crippen LogP contribution < -0.4 is 5.32 Å². The van der Waals surface area contributed by atoms with Crippen LogP contribution in [0.25, 0.3) is 10.4 Å². The molecule has 31 heavy (non-hydrogen) atoms. The van der Waals surface area contributed by atoms with Crippen LogP contribution in [0, 0.1) is 5.92 Å². The zero-order valence-corrected chi connectivity index (χ0v) is 18.3. The number of hydrogen-bond acceptors (Lipinski definition) is 5. The quantitative estimate of drug-likeness (QED) is 0.715. The van der Waals surface area contributed by atoms with Gasteiger partial charge in [0.1, 0.15) is 24.4 Å². The Kier molecular flexibility index (Phi) is 6.41. The lowest BCUT2D eigenvalue weighted by atomic mass is 10.0. The number of aliphatic hydroxyl groups excluding tert-OH is 1. The van der Waals surface area contributed by atoms with Gasteiger partial charge in [0.2, 0.25) is 5.91 Å². The molecule has 3 heterocycles. The number of rotatable bonds is 6. The predicted octanol–water partition coefficient (Wildman–Crippen LogP) is 2.87. The monoisotopic (exact) mass is 446 g/mol. The van der Waals surface area contributed by atoms with Gasteiger partial charge in [0, 0.05) is 10.4 Å². The molecule has 1 aromatic carbocycles. The lowest BCUT2D eigenvalue weighted by Gasteiger charge is -2.30. The number of carbonyl (C=O) groups is 2. The molecule has 2 saturated heterocycles. The lowest BCUT2D eigenvalue weighted by molar-refractivity contribution is -0.136. The molecule has 166 valence electrons. The number of ether oxygens (including phenoxy) is 1. The van der Waals surface area contributed by atoms with Gasteiger partial charge in [0.25, 0.3) is 5.91 Å². The third-order valence-corrected chi connectivity index (χ3v) is 6.74. The summed E-state index contributed by atoms with van der Waals surface area (Å²) in [5.41, 5.74) is 1.47. The molecule has 0 radical (unpaired) electrons. The zero-order valence-electron chi connectivity index (χ0n) is 17.5. The van der Waals surface area contributed by atoms with Crippen molar-refractivity contribution in [3.8, 4) is 10.4 Å². The highest BCUT2D eigenvalue weighted by Gasteiger charge is 2.53. The number of amides is 2. The summed E-state index contributed by atoms with van der Waals surface area (Å²) in [6.45, 7) is 3.80. The van der Waals surface area contributed by atoms with Gasteiger partial charge in [-0.05, 0) is 41.5 Å². The highest BCUT2D eigenvalue weighted by atomic mass is 32.1. The topological polar surface area (TPSA) is 78.9 Å². The van der Waals surface area contributed by atoms with Crippen molar-refractivity contribution in [3.63, 3.8) is 0 Å². The van der Waals surface area contributed by atoms with Gasteiger partial charge >= 0.3 is 0 Å². The first kappa shape index (κ1) is 21.9. The molecule has 0 spiro atoms. The molecule has 0 unspecified atom stereocenters. The number of halogens is 1. The van der Waals surface area contributed by atoms with E-state index in [2.05, 4.69) is 5.32 Å². The second-order valence-electron chi connectivity index (χ2n) is 8.57. The molecule has 0 saturated carbocycles. The van der Waals surface area contributed by atoms with E-state index >= 15 is 0 Å². The van der Waals surface area contributed by atoms with E-state index in [4.69, 9.17) is 4.74 Å². The van der Waals surface area contributed by atoms with Crippen LogP contribution in [0.1, 0.15) is 30.6 Å². The van der Waals surface area contributed by atoms with Crippen molar-refractivity contribution in [2.24, 2.45) is 5.92 Å². The molecular formula is C23H27FN2O4S. The first-order valence-electron chi connectivity index (χ1n) is 10.5. The minimum absolute atomic E-state index is 0.0112. The molecule has 4 rings (SSSR count). The summed E-state index contributed by atoms with van der Waals surface area (Å²) in [4.78, 5) is 28.6. The van der Waals surface area contributed by atoms with Crippen molar-refractivity contribution in [1.82, 2.24) is 10.2 Å². The van der Waals surface area contributed by atoms with Gasteiger partial charge in [-0.2, -0.15) is 0 Å². The van der Waals surface area contributed by atoms with Crippen molar-refractivity contribution in [1.29, 1.82) is 0 Å². The predicted molar refractivity (Wildman–Crippen MR) is 117 cm³/mol. The Morgan fingerprint density at radius 2 is 2.03 bits per heavy atom. The molecular weight excluding hydrogens is 419 g/mol. The summed E-state index contributed by atoms with van der Waals surface area (Å²) in [7, 11) is 0. The van der Waals surface area contributed by atoms with E-state index in [0.29, 0.717) is 12.0 Å². The van der Waals surface area contributed by atoms with Crippen LogP contribution in [0.5, 0.6) is 0 Å². The summed E-state index contributed by atoms with van der Waals surface area (Å²) >= 11 is 1.62. The molecule has 2 aliphatic heterocycles. The molecule has 5 atom stereocenters. The number of thiophene rings is 1. The third kappa shape index (κ3) is 4.51. The number of carbonyl (C=O) groups excluding carboxylic acids is 2. The van der Waals surface area contributed by atoms with Gasteiger partial charge in [-0.1, -0.05) is 32.0 Å². The Bertz CT molecular complexity index is 918. The van der Waals surface area contributed by atoms with Gasteiger partial charge in [-0.3, -0.25) is 9.59 Å². The summed E-state index contributed by atoms with van der Waals surface area (Å²) in [6.07, 6.45) is -2.65. The van der Waals surface area contributed by atoms with E-state index in [-0.39, 0.29) is 30.9 Å². The average Bonchev–Trinajstić information content (AvgIpc) is 3.47. The fourth-order valence-corrected chi connectivity index (χ4v) is 5.08. The highest BCUT2D eigenvalue weighted by molar-refractivity contribution is 7.13. The van der Waals surface area contributed by atoms with Gasteiger partial charge in [-0.15, -0.1) is 11.3 Å². The molecule has 2 fully saturated rings. The number of nitrogens with zero attached hydrogens (tertiary/aromatic N) is 1. The minimum atomic E-state index is -1.34. The van der Waals surface area contributed by atoms with Gasteiger partial charge in [0.05, 0.1) is 19.2 Å². The smallest absolute Gasteiger partial charge is 0.251 e. The standard InChI is InChI=1S/C23H27FN2O4S/c1-13(2)10-17(23(29)26-11-16(24)21-20(26)18(27)12-30-21)25-22(28)15-7-5-14(6-8-15)19-4-3-9-31-19/h3-9,13,16-18,20-21,27H,10-12H2,1-2H3,(H,25,28)/t16-,17-,18-,20+,21+/m0/s1. The number of fused-ring (bicyclic) bond motifs is 1. The molecule has 1 aromatic heterocycles. The molecule has 6 nitrogen and oxygen atoms in total. The van der Waals surface area contributed by atoms with Crippen molar-refractivity contribution >= 4 is 23.2 Å². The van der Waals surface area contributed by atoms with E-state index in [1.807, 2.05) is 43.5 Å². The highest BCUT2D eigenvalue weighted by Crippen LogP contribution is 2.32. The number of nitrogens with one attached hydrogen (secondary N) is 1. The summed E-state index contributed by atoms with van der Waals surface area (Å²) in [5, 5.41) is 15.0. The van der Waals surface area contributed by atoms with E-state index < -0.39 is 30.5 Å². The van der Waals surface area contributed by atoms with Gasteiger partial charge in [-0.25, -0.2) is 4.39 Å². The maximum absolute atomic E-state index is 14.4. The minimum Gasteiger partial charge on any atom is -0.388 e. The van der Waals surface area contributed by atoms with Crippen molar-refractivity contribution < 1.29 is 23.8 Å². The molecule has 0 aliphatic carbocycles. The maximum atomic E-state index is 14.4. The van der Waals surface area contributed by atoms with E-state index in [1.54, 1.807) is 23.5 Å². The van der Waals surface area contributed by atoms with Gasteiger partial charge < -0.3 is 20.1 Å². The molecule has 2 amide bonds. The summed E-state index contributed by atoms with van der Waals surface area (Å²) in [5.74, 6) is -0.593. The molecule has 2 aromatic rings. The van der Waals surface area contributed by atoms with Crippen LogP contribution in [-0.4, -0.2) is 65.4 Å². The van der Waals surface area contributed by atoms with E-state index in [0.717, 1.165) is 10.4 Å². The molecule has 8 heteroatoms. The fraction of sp³-hybridized carbons (Fsp3) is 0.478. The SMILES string of the molecule is CC(C)C[C@H](NC(=O)c1ccc(-c2cccs2)cc1)C(=O)N1C[C@H](F)[C@H]2OC[C@H](O)[C@H]21. The van der Waals surface area contributed by atoms with E-state index in [1.165, 1.54) is 4.90 Å². The largest absolute Gasteiger partial charge is 0.388 e. The average molecular weight is 447 g/mol. The molecule has 0 bridgehead atoms. The van der Waals surface area contributed by atoms with Crippen molar-refractivity contribution in [2.45, 2.75) is 50.7 Å². The first-order chi connectivity index (χ1) is 14.8. The van der Waals surface area contributed by atoms with Crippen LogP contribution in [-0.2, 0) is 9.53 Å². The van der Waals surface area contributed by atoms with Crippen molar-refractivity contribution in [3.05, 3.63) is 47.3 Å². The summed E-state index contributed by atoms with van der Waals surface area (Å²) < 4.78 is 19.7. The maximum Gasteiger partial charge on any atom is 0.251 e. The number of hydrogen-bond donors (Lipinski definition) is 2. The third-order valence-electron chi connectivity index (χ3n) is 5.82. The summed E-state index contributed by atoms with van der Waals surface area (Å²) in [6, 6.07) is 9.70. The van der Waals surface area contributed by atoms with Crippen LogP contribution >= 0.6 is 11.3 Å². The zero-order chi connectivity index (χ0) is 22.1. The Labute approximate surface area is 185 Å². The Balaban J connectivity index is 1.49. The van der Waals surface area contributed by atoms with Gasteiger partial charge in [0.15, 0.2) is 0 Å². The molecule has 2 aliphatic rings. The Morgan fingerprint density at radius 1 is 1.29 bits per heavy atom. The van der Waals surface area contributed by atoms with Crippen LogP contribution in [0.2, 0.25) is 0 Å². The molecule has 2 N–H and O–H groups in total. The number of benzene rings is 1. The lowest BCUT2D eigenvalue weighted by Crippen LogP contribution is -2.53. The van der Waals surface area contributed by atoms with Crippen LogP contribution in [0.3, 0.4) is 0 Å². The second kappa shape index (κ2) is 9.06. The van der Waals surface area contributed by atoms with Crippen LogP contribution in [0.15, 0.2) is 41.8 Å². The Hall–Kier alpha value is -2.29. The first-order valence-corrected chi connectivity index (χ1v) is 11.4. The number of likely N-dealkylation sites (tertiary alicyclic amines) is 1. The second-order valence-corrected chi connectivity index (χ2v) is 9.52. The Morgan fingerprint density at radius 3 is 2.68 bits per heavy atom. The normalized spacial score (nSPS) is 26.2. The number of aliphatic hydroxyl groups is 1. The van der Waals surface area contributed by atoms with E-state index in [9.17, 15) is 19.1 Å². The van der Waals surface area contributed by atoms with Crippen molar-refractivity contribution in [2.75, 3.05) is 13.2 Å².